The first-order valence-corrected chi connectivity index (χ1v) is 9.21. The molecule has 6 heteroatoms. The van der Waals surface area contributed by atoms with E-state index in [1.54, 1.807) is 0 Å². The Hall–Kier alpha value is -1.63. The van der Waals surface area contributed by atoms with Gasteiger partial charge in [-0.05, 0) is 37.9 Å². The molecule has 2 fully saturated rings. The first-order chi connectivity index (χ1) is 12.2. The van der Waals surface area contributed by atoms with E-state index in [2.05, 4.69) is 22.2 Å². The molecule has 0 aromatic heterocycles. The van der Waals surface area contributed by atoms with Gasteiger partial charge in [-0.15, -0.1) is 0 Å². The molecule has 1 aliphatic carbocycles. The molecule has 25 heavy (non-hydrogen) atoms. The third-order valence-electron chi connectivity index (χ3n) is 4.71. The summed E-state index contributed by atoms with van der Waals surface area (Å²) in [6.45, 7) is 6.69. The Morgan fingerprint density at radius 1 is 1.20 bits per heavy atom. The van der Waals surface area contributed by atoms with E-state index >= 15 is 0 Å². The second-order valence-corrected chi connectivity index (χ2v) is 7.00. The maximum absolute atomic E-state index is 12.0. The molecule has 1 saturated heterocycles. The minimum atomic E-state index is -0.129. The molecule has 1 heterocycles. The smallest absolute Gasteiger partial charge is 0.250 e. The van der Waals surface area contributed by atoms with Crippen molar-refractivity contribution in [3.63, 3.8) is 0 Å². The average Bonchev–Trinajstić information content (AvgIpc) is 3.42. The third-order valence-corrected chi connectivity index (χ3v) is 4.71. The summed E-state index contributed by atoms with van der Waals surface area (Å²) in [6.07, 6.45) is 2.46. The monoisotopic (exact) mass is 347 g/mol. The topological polar surface area (TPSA) is 54.0 Å². The number of ether oxygens (including phenoxy) is 2. The number of carbonyl (C=O) groups is 1. The number of carbonyl (C=O) groups excluding carboxylic acids is 1. The molecular formula is C19H29N3O3. The van der Waals surface area contributed by atoms with Gasteiger partial charge in [0.05, 0.1) is 12.3 Å². The summed E-state index contributed by atoms with van der Waals surface area (Å²) in [6, 6.07) is 7.58. The SMILES string of the molecule is CN1CCN(CCOc2ccccc2NC(=O)COCC2CC2)CC1. The van der Waals surface area contributed by atoms with Gasteiger partial charge in [-0.1, -0.05) is 12.1 Å². The molecule has 0 spiro atoms. The summed E-state index contributed by atoms with van der Waals surface area (Å²) in [5.74, 6) is 1.25. The van der Waals surface area contributed by atoms with Crippen LogP contribution in [-0.2, 0) is 9.53 Å². The number of piperazine rings is 1. The maximum Gasteiger partial charge on any atom is 0.250 e. The summed E-state index contributed by atoms with van der Waals surface area (Å²) >= 11 is 0. The van der Waals surface area contributed by atoms with E-state index in [1.165, 1.54) is 12.8 Å². The highest BCUT2D eigenvalue weighted by molar-refractivity contribution is 5.93. The van der Waals surface area contributed by atoms with E-state index in [0.717, 1.165) is 32.7 Å². The Bertz CT molecular complexity index is 555. The molecule has 3 rings (SSSR count). The van der Waals surface area contributed by atoms with Gasteiger partial charge in [0.2, 0.25) is 5.91 Å². The fourth-order valence-corrected chi connectivity index (χ4v) is 2.84. The van der Waals surface area contributed by atoms with Crippen molar-refractivity contribution in [1.82, 2.24) is 9.80 Å². The summed E-state index contributed by atoms with van der Waals surface area (Å²) in [4.78, 5) is 16.8. The van der Waals surface area contributed by atoms with Gasteiger partial charge in [0, 0.05) is 32.7 Å². The van der Waals surface area contributed by atoms with Crippen LogP contribution in [0.15, 0.2) is 24.3 Å². The van der Waals surface area contributed by atoms with E-state index in [-0.39, 0.29) is 12.5 Å². The lowest BCUT2D eigenvalue weighted by molar-refractivity contribution is -0.120. The fourth-order valence-electron chi connectivity index (χ4n) is 2.84. The van der Waals surface area contributed by atoms with Crippen molar-refractivity contribution < 1.29 is 14.3 Å². The quantitative estimate of drug-likeness (QED) is 0.737. The highest BCUT2D eigenvalue weighted by Crippen LogP contribution is 2.28. The largest absolute Gasteiger partial charge is 0.490 e. The Morgan fingerprint density at radius 2 is 1.96 bits per heavy atom. The van der Waals surface area contributed by atoms with Gasteiger partial charge in [0.25, 0.3) is 0 Å². The van der Waals surface area contributed by atoms with E-state index < -0.39 is 0 Å². The average molecular weight is 347 g/mol. The Kier molecular flexibility index (Phi) is 6.67. The zero-order chi connectivity index (χ0) is 17.5. The molecule has 6 nitrogen and oxygen atoms in total. The minimum Gasteiger partial charge on any atom is -0.490 e. The molecule has 0 unspecified atom stereocenters. The molecule has 2 aliphatic rings. The van der Waals surface area contributed by atoms with Crippen LogP contribution in [-0.4, -0.2) is 75.3 Å². The van der Waals surface area contributed by atoms with Crippen LogP contribution in [0.4, 0.5) is 5.69 Å². The van der Waals surface area contributed by atoms with Gasteiger partial charge in [0.1, 0.15) is 19.0 Å². The molecule has 1 N–H and O–H groups in total. The maximum atomic E-state index is 12.0. The van der Waals surface area contributed by atoms with Crippen molar-refractivity contribution in [2.75, 3.05) is 64.9 Å². The van der Waals surface area contributed by atoms with Crippen LogP contribution < -0.4 is 10.1 Å². The molecule has 1 aliphatic heterocycles. The Labute approximate surface area is 150 Å². The number of nitrogens with zero attached hydrogens (tertiary/aromatic N) is 2. The van der Waals surface area contributed by atoms with Gasteiger partial charge >= 0.3 is 0 Å². The zero-order valence-corrected chi connectivity index (χ0v) is 15.1. The summed E-state index contributed by atoms with van der Waals surface area (Å²) in [5.41, 5.74) is 0.709. The lowest BCUT2D eigenvalue weighted by Gasteiger charge is -2.32. The molecule has 1 saturated carbocycles. The first-order valence-electron chi connectivity index (χ1n) is 9.21. The number of hydrogen-bond donors (Lipinski definition) is 1. The van der Waals surface area contributed by atoms with Crippen LogP contribution in [0.2, 0.25) is 0 Å². The van der Waals surface area contributed by atoms with Gasteiger partial charge in [-0.3, -0.25) is 9.69 Å². The van der Waals surface area contributed by atoms with Crippen molar-refractivity contribution in [3.8, 4) is 5.75 Å². The summed E-state index contributed by atoms with van der Waals surface area (Å²) in [5, 5.41) is 2.89. The number of anilines is 1. The molecule has 1 aromatic rings. The summed E-state index contributed by atoms with van der Waals surface area (Å²) < 4.78 is 11.3. The number of para-hydroxylation sites is 2. The highest BCUT2D eigenvalue weighted by atomic mass is 16.5. The van der Waals surface area contributed by atoms with Crippen LogP contribution in [0, 0.1) is 5.92 Å². The van der Waals surface area contributed by atoms with Crippen molar-refractivity contribution in [2.45, 2.75) is 12.8 Å². The van der Waals surface area contributed by atoms with E-state index in [9.17, 15) is 4.79 Å². The van der Waals surface area contributed by atoms with Crippen LogP contribution >= 0.6 is 0 Å². The predicted molar refractivity (Wildman–Crippen MR) is 98.0 cm³/mol. The second kappa shape index (κ2) is 9.17. The Balaban J connectivity index is 1.41. The van der Waals surface area contributed by atoms with E-state index in [1.807, 2.05) is 24.3 Å². The van der Waals surface area contributed by atoms with Crippen molar-refractivity contribution in [2.24, 2.45) is 5.92 Å². The first kappa shape index (κ1) is 18.2. The van der Waals surface area contributed by atoms with Gasteiger partial charge in [-0.25, -0.2) is 0 Å². The number of hydrogen-bond acceptors (Lipinski definition) is 5. The third kappa shape index (κ3) is 6.30. The number of rotatable bonds is 9. The predicted octanol–water partition coefficient (Wildman–Crippen LogP) is 1.68. The Morgan fingerprint density at radius 3 is 2.72 bits per heavy atom. The lowest BCUT2D eigenvalue weighted by atomic mass is 10.3. The molecule has 0 radical (unpaired) electrons. The molecular weight excluding hydrogens is 318 g/mol. The number of nitrogens with one attached hydrogen (secondary N) is 1. The zero-order valence-electron chi connectivity index (χ0n) is 15.1. The van der Waals surface area contributed by atoms with E-state index in [0.29, 0.717) is 30.6 Å². The summed E-state index contributed by atoms with van der Waals surface area (Å²) in [7, 11) is 2.15. The second-order valence-electron chi connectivity index (χ2n) is 7.00. The van der Waals surface area contributed by atoms with E-state index in [4.69, 9.17) is 9.47 Å². The van der Waals surface area contributed by atoms with Crippen molar-refractivity contribution in [1.29, 1.82) is 0 Å². The number of benzene rings is 1. The van der Waals surface area contributed by atoms with Crippen LogP contribution in [0.1, 0.15) is 12.8 Å². The van der Waals surface area contributed by atoms with Crippen LogP contribution in [0.3, 0.4) is 0 Å². The fraction of sp³-hybridized carbons (Fsp3) is 0.632. The van der Waals surface area contributed by atoms with Crippen LogP contribution in [0.25, 0.3) is 0 Å². The minimum absolute atomic E-state index is 0.103. The molecule has 0 bridgehead atoms. The van der Waals surface area contributed by atoms with Gasteiger partial charge in [-0.2, -0.15) is 0 Å². The molecule has 1 aromatic carbocycles. The standard InChI is InChI=1S/C19H29N3O3/c1-21-8-10-22(11-9-21)12-13-25-18-5-3-2-4-17(18)20-19(23)15-24-14-16-6-7-16/h2-5,16H,6-15H2,1H3,(H,20,23). The number of amides is 1. The number of likely N-dealkylation sites (N-methyl/N-ethyl adjacent to an activating group) is 1. The normalized spacial score (nSPS) is 18.9. The molecule has 0 atom stereocenters. The molecule has 138 valence electrons. The highest BCUT2D eigenvalue weighted by Gasteiger charge is 2.21. The lowest BCUT2D eigenvalue weighted by Crippen LogP contribution is -2.45. The van der Waals surface area contributed by atoms with Crippen molar-refractivity contribution >= 4 is 11.6 Å². The van der Waals surface area contributed by atoms with Crippen molar-refractivity contribution in [3.05, 3.63) is 24.3 Å². The van der Waals surface area contributed by atoms with Gasteiger partial charge < -0.3 is 19.7 Å². The molecule has 1 amide bonds. The van der Waals surface area contributed by atoms with Crippen LogP contribution in [0.5, 0.6) is 5.75 Å². The van der Waals surface area contributed by atoms with Gasteiger partial charge in [0.15, 0.2) is 0 Å².